The summed E-state index contributed by atoms with van der Waals surface area (Å²) in [6.07, 6.45) is 7.92. The van der Waals surface area contributed by atoms with Crippen molar-refractivity contribution in [1.29, 1.82) is 0 Å². The fourth-order valence-corrected chi connectivity index (χ4v) is 3.60. The van der Waals surface area contributed by atoms with Crippen LogP contribution in [-0.2, 0) is 16.6 Å². The molecule has 0 amide bonds. The highest BCUT2D eigenvalue weighted by molar-refractivity contribution is 7.89. The molecule has 0 bridgehead atoms. The quantitative estimate of drug-likeness (QED) is 0.792. The van der Waals surface area contributed by atoms with Gasteiger partial charge < -0.3 is 9.73 Å². The maximum absolute atomic E-state index is 11.6. The van der Waals surface area contributed by atoms with E-state index in [1.807, 2.05) is 0 Å². The third-order valence-electron chi connectivity index (χ3n) is 4.38. The molecule has 2 rings (SSSR count). The smallest absolute Gasteiger partial charge is 0.273 e. The van der Waals surface area contributed by atoms with Crippen LogP contribution in [0.25, 0.3) is 0 Å². The highest BCUT2D eigenvalue weighted by atomic mass is 32.2. The monoisotopic (exact) mass is 314 g/mol. The second-order valence-electron chi connectivity index (χ2n) is 5.85. The van der Waals surface area contributed by atoms with E-state index in [0.29, 0.717) is 24.3 Å². The Bertz CT molecular complexity index is 531. The van der Waals surface area contributed by atoms with Crippen LogP contribution in [0, 0.1) is 5.92 Å². The highest BCUT2D eigenvalue weighted by Crippen LogP contribution is 2.25. The van der Waals surface area contributed by atoms with Gasteiger partial charge in [-0.05, 0) is 44.9 Å². The molecule has 1 aromatic heterocycles. The number of hydrogen-bond acceptors (Lipinski definition) is 4. The summed E-state index contributed by atoms with van der Waals surface area (Å²) in [6, 6.07) is 3.65. The van der Waals surface area contributed by atoms with Crippen LogP contribution < -0.4 is 10.0 Å². The van der Waals surface area contributed by atoms with Crippen molar-refractivity contribution in [2.75, 3.05) is 7.05 Å². The van der Waals surface area contributed by atoms with Crippen LogP contribution in [0.15, 0.2) is 21.6 Å². The molecule has 1 fully saturated rings. The van der Waals surface area contributed by atoms with Crippen LogP contribution >= 0.6 is 0 Å². The molecule has 0 saturated heterocycles. The standard InChI is InChI=1S/C15H26N2O3S/c1-12(13-7-5-3-4-6-8-13)17-11-14-9-10-15(20-14)21(18,19)16-2/h9-10,12-13,16-17H,3-8,11H2,1-2H3/t12-/m1/s1. The van der Waals surface area contributed by atoms with Gasteiger partial charge in [0.1, 0.15) is 5.76 Å². The molecular weight excluding hydrogens is 288 g/mol. The molecule has 1 atom stereocenters. The lowest BCUT2D eigenvalue weighted by atomic mass is 9.93. The largest absolute Gasteiger partial charge is 0.447 e. The molecule has 6 heteroatoms. The van der Waals surface area contributed by atoms with Crippen LogP contribution in [0.2, 0.25) is 0 Å². The Hall–Kier alpha value is -0.850. The molecule has 0 radical (unpaired) electrons. The Morgan fingerprint density at radius 3 is 2.52 bits per heavy atom. The summed E-state index contributed by atoms with van der Waals surface area (Å²) in [5.74, 6) is 1.37. The molecule has 0 unspecified atom stereocenters. The zero-order valence-electron chi connectivity index (χ0n) is 12.9. The third-order valence-corrected chi connectivity index (χ3v) is 5.66. The summed E-state index contributed by atoms with van der Waals surface area (Å²) in [4.78, 5) is 0. The molecule has 1 aliphatic carbocycles. The third kappa shape index (κ3) is 4.56. The lowest BCUT2D eigenvalue weighted by Crippen LogP contribution is -2.32. The van der Waals surface area contributed by atoms with E-state index >= 15 is 0 Å². The minimum atomic E-state index is -3.49. The fourth-order valence-electron chi connectivity index (χ4n) is 2.94. The number of furan rings is 1. The van der Waals surface area contributed by atoms with E-state index in [4.69, 9.17) is 4.42 Å². The Balaban J connectivity index is 1.88. The van der Waals surface area contributed by atoms with Crippen molar-refractivity contribution in [3.63, 3.8) is 0 Å². The van der Waals surface area contributed by atoms with E-state index in [1.54, 1.807) is 6.07 Å². The van der Waals surface area contributed by atoms with Gasteiger partial charge in [0.25, 0.3) is 10.0 Å². The molecule has 0 aromatic carbocycles. The first-order valence-corrected chi connectivity index (χ1v) is 9.27. The van der Waals surface area contributed by atoms with E-state index < -0.39 is 10.0 Å². The summed E-state index contributed by atoms with van der Waals surface area (Å²) in [5, 5.41) is 3.45. The predicted molar refractivity (Wildman–Crippen MR) is 82.4 cm³/mol. The molecule has 120 valence electrons. The number of sulfonamides is 1. The maximum atomic E-state index is 11.6. The summed E-state index contributed by atoms with van der Waals surface area (Å²) in [7, 11) is -2.11. The number of rotatable bonds is 6. The molecule has 5 nitrogen and oxygen atoms in total. The van der Waals surface area contributed by atoms with Crippen LogP contribution in [0.5, 0.6) is 0 Å². The number of nitrogens with one attached hydrogen (secondary N) is 2. The maximum Gasteiger partial charge on any atom is 0.273 e. The Kier molecular flexibility index (Phi) is 5.84. The molecule has 1 aromatic rings. The van der Waals surface area contributed by atoms with E-state index in [0.717, 1.165) is 0 Å². The molecule has 0 spiro atoms. The van der Waals surface area contributed by atoms with Crippen LogP contribution in [0.1, 0.15) is 51.2 Å². The van der Waals surface area contributed by atoms with E-state index in [-0.39, 0.29) is 5.09 Å². The topological polar surface area (TPSA) is 71.3 Å². The number of hydrogen-bond donors (Lipinski definition) is 2. The second-order valence-corrected chi connectivity index (χ2v) is 7.67. The van der Waals surface area contributed by atoms with Gasteiger partial charge in [0, 0.05) is 6.04 Å². The normalized spacial score (nSPS) is 19.3. The molecule has 1 saturated carbocycles. The second kappa shape index (κ2) is 7.42. The average Bonchev–Trinajstić information content (AvgIpc) is 2.79. The highest BCUT2D eigenvalue weighted by Gasteiger charge is 2.20. The van der Waals surface area contributed by atoms with Gasteiger partial charge >= 0.3 is 0 Å². The van der Waals surface area contributed by atoms with Crippen LogP contribution in [0.4, 0.5) is 0 Å². The van der Waals surface area contributed by atoms with Crippen molar-refractivity contribution < 1.29 is 12.8 Å². The summed E-state index contributed by atoms with van der Waals surface area (Å²) >= 11 is 0. The van der Waals surface area contributed by atoms with Crippen molar-refractivity contribution in [3.05, 3.63) is 17.9 Å². The van der Waals surface area contributed by atoms with Gasteiger partial charge in [-0.3, -0.25) is 0 Å². The molecular formula is C15H26N2O3S. The van der Waals surface area contributed by atoms with Crippen molar-refractivity contribution >= 4 is 10.0 Å². The molecule has 1 aliphatic rings. The molecule has 21 heavy (non-hydrogen) atoms. The van der Waals surface area contributed by atoms with Gasteiger partial charge in [-0.25, -0.2) is 13.1 Å². The molecule has 2 N–H and O–H groups in total. The van der Waals surface area contributed by atoms with Crippen molar-refractivity contribution in [3.8, 4) is 0 Å². The molecule has 1 heterocycles. The minimum absolute atomic E-state index is 0.0241. The van der Waals surface area contributed by atoms with Gasteiger partial charge in [0.2, 0.25) is 5.09 Å². The van der Waals surface area contributed by atoms with Crippen molar-refractivity contribution in [2.45, 2.75) is 63.1 Å². The van der Waals surface area contributed by atoms with Gasteiger partial charge in [-0.1, -0.05) is 25.7 Å². The van der Waals surface area contributed by atoms with Gasteiger partial charge in [0.15, 0.2) is 0 Å². The zero-order chi connectivity index (χ0) is 15.3. The van der Waals surface area contributed by atoms with Crippen molar-refractivity contribution in [2.24, 2.45) is 5.92 Å². The van der Waals surface area contributed by atoms with E-state index in [9.17, 15) is 8.42 Å². The lowest BCUT2D eigenvalue weighted by molar-refractivity contribution is 0.318. The Morgan fingerprint density at radius 1 is 1.24 bits per heavy atom. The summed E-state index contributed by atoms with van der Waals surface area (Å²) < 4.78 is 30.9. The van der Waals surface area contributed by atoms with Gasteiger partial charge in [0.05, 0.1) is 6.54 Å². The lowest BCUT2D eigenvalue weighted by Gasteiger charge is -2.23. The van der Waals surface area contributed by atoms with Crippen LogP contribution in [-0.4, -0.2) is 21.5 Å². The van der Waals surface area contributed by atoms with Gasteiger partial charge in [-0.2, -0.15) is 0 Å². The van der Waals surface area contributed by atoms with Crippen molar-refractivity contribution in [1.82, 2.24) is 10.0 Å². The van der Waals surface area contributed by atoms with E-state index in [1.165, 1.54) is 51.6 Å². The Morgan fingerprint density at radius 2 is 1.90 bits per heavy atom. The minimum Gasteiger partial charge on any atom is -0.447 e. The predicted octanol–water partition coefficient (Wildman–Crippen LogP) is 2.64. The Labute approximate surface area is 127 Å². The first-order valence-electron chi connectivity index (χ1n) is 7.78. The van der Waals surface area contributed by atoms with Gasteiger partial charge in [-0.15, -0.1) is 0 Å². The molecule has 0 aliphatic heterocycles. The first-order chi connectivity index (χ1) is 10.0. The SMILES string of the molecule is CNS(=O)(=O)c1ccc(CN[C@H](C)C2CCCCCC2)o1. The summed E-state index contributed by atoms with van der Waals surface area (Å²) in [6.45, 7) is 2.78. The average molecular weight is 314 g/mol. The van der Waals surface area contributed by atoms with E-state index in [2.05, 4.69) is 17.0 Å². The van der Waals surface area contributed by atoms with Crippen LogP contribution in [0.3, 0.4) is 0 Å². The zero-order valence-corrected chi connectivity index (χ0v) is 13.7. The summed E-state index contributed by atoms with van der Waals surface area (Å²) in [5.41, 5.74) is 0. The fraction of sp³-hybridized carbons (Fsp3) is 0.733. The first kappa shape index (κ1) is 16.5.